The highest BCUT2D eigenvalue weighted by atomic mass is 35.5. The molecular weight excluding hydrogens is 422 g/mol. The van der Waals surface area contributed by atoms with Crippen LogP contribution in [0.25, 0.3) is 20.4 Å². The Morgan fingerprint density at radius 2 is 1.86 bits per heavy atom. The quantitative estimate of drug-likeness (QED) is 0.328. The molecule has 2 heterocycles. The molecule has 0 unspecified atom stereocenters. The second-order valence-corrected chi connectivity index (χ2v) is 8.80. The van der Waals surface area contributed by atoms with Crippen LogP contribution in [-0.2, 0) is 6.54 Å². The first-order valence-electron chi connectivity index (χ1n) is 8.93. The fourth-order valence-electron chi connectivity index (χ4n) is 3.15. The summed E-state index contributed by atoms with van der Waals surface area (Å²) in [7, 11) is 0. The summed E-state index contributed by atoms with van der Waals surface area (Å²) in [5, 5.41) is 1.22. The molecule has 0 saturated carbocycles. The molecule has 5 rings (SSSR count). The van der Waals surface area contributed by atoms with Crippen molar-refractivity contribution >= 4 is 65.7 Å². The molecule has 29 heavy (non-hydrogen) atoms. The molecule has 1 amide bonds. The van der Waals surface area contributed by atoms with Gasteiger partial charge >= 0.3 is 0 Å². The van der Waals surface area contributed by atoms with Crippen LogP contribution in [0.5, 0.6) is 0 Å². The molecule has 0 spiro atoms. The first kappa shape index (κ1) is 18.2. The predicted octanol–water partition coefficient (Wildman–Crippen LogP) is 6.41. The highest BCUT2D eigenvalue weighted by molar-refractivity contribution is 7.22. The average Bonchev–Trinajstić information content (AvgIpc) is 3.39. The van der Waals surface area contributed by atoms with Gasteiger partial charge in [0.1, 0.15) is 5.52 Å². The van der Waals surface area contributed by atoms with Gasteiger partial charge in [0, 0.05) is 5.56 Å². The molecule has 0 aliphatic rings. The lowest BCUT2D eigenvalue weighted by Crippen LogP contribution is -2.30. The molecule has 0 aliphatic carbocycles. The number of hydrogen-bond donors (Lipinski definition) is 0. The second-order valence-electron chi connectivity index (χ2n) is 6.49. The van der Waals surface area contributed by atoms with Crippen LogP contribution in [0.3, 0.4) is 0 Å². The topological polar surface area (TPSA) is 46.1 Å². The van der Waals surface area contributed by atoms with Crippen molar-refractivity contribution in [2.75, 3.05) is 4.90 Å². The third-order valence-electron chi connectivity index (χ3n) is 4.60. The van der Waals surface area contributed by atoms with E-state index in [1.165, 1.54) is 22.7 Å². The van der Waals surface area contributed by atoms with Crippen molar-refractivity contribution in [1.82, 2.24) is 9.97 Å². The molecule has 5 aromatic rings. The third-order valence-corrected chi connectivity index (χ3v) is 6.74. The number of benzene rings is 3. The van der Waals surface area contributed by atoms with Crippen molar-refractivity contribution in [1.29, 1.82) is 0 Å². The van der Waals surface area contributed by atoms with Crippen LogP contribution in [0.1, 0.15) is 15.9 Å². The van der Waals surface area contributed by atoms with E-state index in [0.29, 0.717) is 22.3 Å². The fourth-order valence-corrected chi connectivity index (χ4v) is 5.13. The van der Waals surface area contributed by atoms with Gasteiger partial charge in [-0.25, -0.2) is 9.97 Å². The Labute approximate surface area is 180 Å². The van der Waals surface area contributed by atoms with Gasteiger partial charge in [0.15, 0.2) is 5.13 Å². The van der Waals surface area contributed by atoms with E-state index in [0.717, 1.165) is 26.0 Å². The Hall–Kier alpha value is -2.80. The number of aromatic nitrogens is 2. The zero-order valence-electron chi connectivity index (χ0n) is 15.1. The summed E-state index contributed by atoms with van der Waals surface area (Å²) in [4.78, 5) is 24.2. The van der Waals surface area contributed by atoms with Crippen LogP contribution in [0.2, 0.25) is 5.02 Å². The van der Waals surface area contributed by atoms with Gasteiger partial charge in [0.05, 0.1) is 32.0 Å². The summed E-state index contributed by atoms with van der Waals surface area (Å²) < 4.78 is 1.94. The first-order valence-corrected chi connectivity index (χ1v) is 11.0. The largest absolute Gasteiger partial charge is 0.279 e. The summed E-state index contributed by atoms with van der Waals surface area (Å²) in [6.45, 7) is 0.428. The standard InChI is InChI=1S/C22H14ClN3OS2/c23-16-7-4-8-18-20(16)25-22(29-18)26(12-14-5-2-1-3-6-14)21(27)15-9-10-17-19(11-15)28-13-24-17/h1-11,13H,12H2. The van der Waals surface area contributed by atoms with Crippen LogP contribution in [0.4, 0.5) is 5.13 Å². The molecule has 7 heteroatoms. The third kappa shape index (κ3) is 3.51. The minimum absolute atomic E-state index is 0.0978. The van der Waals surface area contributed by atoms with Gasteiger partial charge in [-0.3, -0.25) is 9.69 Å². The number of hydrogen-bond acceptors (Lipinski definition) is 5. The van der Waals surface area contributed by atoms with Crippen LogP contribution in [0.15, 0.2) is 72.2 Å². The zero-order valence-corrected chi connectivity index (χ0v) is 17.5. The normalized spacial score (nSPS) is 11.2. The second kappa shape index (κ2) is 7.55. The number of rotatable bonds is 4. The Bertz CT molecular complexity index is 1330. The monoisotopic (exact) mass is 435 g/mol. The van der Waals surface area contributed by atoms with Crippen LogP contribution in [0, 0.1) is 0 Å². The van der Waals surface area contributed by atoms with Gasteiger partial charge < -0.3 is 0 Å². The number of para-hydroxylation sites is 1. The van der Waals surface area contributed by atoms with E-state index >= 15 is 0 Å². The molecule has 3 aromatic carbocycles. The molecule has 0 N–H and O–H groups in total. The summed E-state index contributed by atoms with van der Waals surface area (Å²) in [5.74, 6) is -0.0978. The average molecular weight is 436 g/mol. The van der Waals surface area contributed by atoms with Crippen molar-refractivity contribution in [3.8, 4) is 0 Å². The maximum atomic E-state index is 13.5. The van der Waals surface area contributed by atoms with Crippen molar-refractivity contribution < 1.29 is 4.79 Å². The lowest BCUT2D eigenvalue weighted by Gasteiger charge is -2.20. The number of amides is 1. The molecule has 2 aromatic heterocycles. The van der Waals surface area contributed by atoms with Crippen LogP contribution < -0.4 is 4.90 Å². The van der Waals surface area contributed by atoms with Crippen molar-refractivity contribution in [2.45, 2.75) is 6.54 Å². The Morgan fingerprint density at radius 1 is 1.00 bits per heavy atom. The number of fused-ring (bicyclic) bond motifs is 2. The Kier molecular flexibility index (Phi) is 4.75. The van der Waals surface area contributed by atoms with Crippen molar-refractivity contribution in [2.24, 2.45) is 0 Å². The maximum absolute atomic E-state index is 13.5. The SMILES string of the molecule is O=C(c1ccc2ncsc2c1)N(Cc1ccccc1)c1nc2c(Cl)cccc2s1. The van der Waals surface area contributed by atoms with E-state index in [2.05, 4.69) is 9.97 Å². The highest BCUT2D eigenvalue weighted by Gasteiger charge is 2.22. The van der Waals surface area contributed by atoms with Gasteiger partial charge in [-0.2, -0.15) is 0 Å². The minimum Gasteiger partial charge on any atom is -0.279 e. The molecule has 0 atom stereocenters. The van der Waals surface area contributed by atoms with Crippen molar-refractivity contribution in [3.63, 3.8) is 0 Å². The minimum atomic E-state index is -0.0978. The Balaban J connectivity index is 1.60. The maximum Gasteiger partial charge on any atom is 0.260 e. The molecule has 4 nitrogen and oxygen atoms in total. The van der Waals surface area contributed by atoms with E-state index in [1.807, 2.05) is 66.7 Å². The van der Waals surface area contributed by atoms with Crippen LogP contribution >= 0.6 is 34.3 Å². The van der Waals surface area contributed by atoms with Crippen LogP contribution in [-0.4, -0.2) is 15.9 Å². The highest BCUT2D eigenvalue weighted by Crippen LogP contribution is 2.34. The fraction of sp³-hybridized carbons (Fsp3) is 0.0455. The summed E-state index contributed by atoms with van der Waals surface area (Å²) in [6.07, 6.45) is 0. The van der Waals surface area contributed by atoms with E-state index in [4.69, 9.17) is 11.6 Å². The van der Waals surface area contributed by atoms with Gasteiger partial charge in [0.25, 0.3) is 5.91 Å². The van der Waals surface area contributed by atoms with E-state index < -0.39 is 0 Å². The molecule has 0 saturated heterocycles. The van der Waals surface area contributed by atoms with Gasteiger partial charge in [-0.05, 0) is 35.9 Å². The molecule has 142 valence electrons. The number of thiazole rings is 2. The Morgan fingerprint density at radius 3 is 2.69 bits per heavy atom. The molecule has 0 aliphatic heterocycles. The first-order chi connectivity index (χ1) is 14.2. The number of carbonyl (C=O) groups is 1. The van der Waals surface area contributed by atoms with Gasteiger partial charge in [-0.15, -0.1) is 11.3 Å². The smallest absolute Gasteiger partial charge is 0.260 e. The molecule has 0 bridgehead atoms. The zero-order chi connectivity index (χ0) is 19.8. The lowest BCUT2D eigenvalue weighted by molar-refractivity contribution is 0.0985. The van der Waals surface area contributed by atoms with E-state index in [1.54, 1.807) is 10.4 Å². The number of anilines is 1. The van der Waals surface area contributed by atoms with Crippen molar-refractivity contribution in [3.05, 3.63) is 88.4 Å². The molecule has 0 radical (unpaired) electrons. The van der Waals surface area contributed by atoms with Gasteiger partial charge in [0.2, 0.25) is 0 Å². The molecular formula is C22H14ClN3OS2. The predicted molar refractivity (Wildman–Crippen MR) is 121 cm³/mol. The van der Waals surface area contributed by atoms with E-state index in [9.17, 15) is 4.79 Å². The molecule has 0 fully saturated rings. The number of nitrogens with zero attached hydrogens (tertiary/aromatic N) is 3. The lowest BCUT2D eigenvalue weighted by atomic mass is 10.1. The van der Waals surface area contributed by atoms with Gasteiger partial charge in [-0.1, -0.05) is 59.3 Å². The summed E-state index contributed by atoms with van der Waals surface area (Å²) in [5.41, 5.74) is 5.05. The summed E-state index contributed by atoms with van der Waals surface area (Å²) in [6, 6.07) is 21.2. The number of halogens is 1. The summed E-state index contributed by atoms with van der Waals surface area (Å²) >= 11 is 9.31. The van der Waals surface area contributed by atoms with E-state index in [-0.39, 0.29) is 5.91 Å². The number of carbonyl (C=O) groups excluding carboxylic acids is 1.